The molecule has 3 N–H and O–H groups in total. The molecule has 9 nitrogen and oxygen atoms in total. The maximum Gasteiger partial charge on any atom is 0.472 e. The van der Waals surface area contributed by atoms with Gasteiger partial charge in [-0.05, 0) is 109 Å². The van der Waals surface area contributed by atoms with Crippen LogP contribution in [0.1, 0.15) is 232 Å². The smallest absolute Gasteiger partial charge is 0.462 e. The van der Waals surface area contributed by atoms with Crippen molar-refractivity contribution in [2.75, 3.05) is 26.4 Å². The largest absolute Gasteiger partial charge is 0.472 e. The molecule has 10 heteroatoms. The minimum absolute atomic E-state index is 0.0399. The Morgan fingerprint density at radius 1 is 0.390 bits per heavy atom. The van der Waals surface area contributed by atoms with E-state index in [-0.39, 0.29) is 32.6 Å². The maximum atomic E-state index is 12.7. The third kappa shape index (κ3) is 61.0. The van der Waals surface area contributed by atoms with E-state index < -0.39 is 32.5 Å². The van der Waals surface area contributed by atoms with Crippen LogP contribution in [-0.2, 0) is 32.7 Å². The molecule has 0 aliphatic carbocycles. The first-order chi connectivity index (χ1) is 37.8. The summed E-state index contributed by atoms with van der Waals surface area (Å²) in [5.41, 5.74) is 5.38. The Labute approximate surface area is 471 Å². The van der Waals surface area contributed by atoms with Gasteiger partial charge in [0, 0.05) is 19.4 Å². The molecule has 77 heavy (non-hydrogen) atoms. The van der Waals surface area contributed by atoms with Crippen molar-refractivity contribution in [3.05, 3.63) is 146 Å². The Hall–Kier alpha value is -4.11. The number of rotatable bonds is 55. The Balaban J connectivity index is 3.93. The summed E-state index contributed by atoms with van der Waals surface area (Å²) in [5.74, 6) is -0.901. The van der Waals surface area contributed by atoms with Crippen molar-refractivity contribution >= 4 is 19.8 Å². The summed E-state index contributed by atoms with van der Waals surface area (Å²) >= 11 is 0. The van der Waals surface area contributed by atoms with Gasteiger partial charge in [-0.3, -0.25) is 18.6 Å². The highest BCUT2D eigenvalue weighted by atomic mass is 31.2. The number of ether oxygens (including phenoxy) is 2. The molecule has 0 radical (unpaired) electrons. The predicted molar refractivity (Wildman–Crippen MR) is 330 cm³/mol. The molecule has 0 fully saturated rings. The van der Waals surface area contributed by atoms with Gasteiger partial charge in [0.2, 0.25) is 0 Å². The van der Waals surface area contributed by atoms with Crippen LogP contribution in [0.15, 0.2) is 146 Å². The lowest BCUT2D eigenvalue weighted by Crippen LogP contribution is -2.29. The zero-order valence-electron chi connectivity index (χ0n) is 48.6. The normalized spacial score (nSPS) is 14.1. The molecule has 436 valence electrons. The summed E-state index contributed by atoms with van der Waals surface area (Å²) in [5, 5.41) is 0. The summed E-state index contributed by atoms with van der Waals surface area (Å²) in [7, 11) is -4.41. The van der Waals surface area contributed by atoms with Gasteiger partial charge in [0.1, 0.15) is 6.61 Å². The fourth-order valence-electron chi connectivity index (χ4n) is 7.83. The SMILES string of the molecule is CC/C=C\C/C=C\C/C=C\C/C=C\C/C=C\C/C=C\C/C=C\CCCCCCCCCCCCCCCCCCCC(=O)OC(COC(=O)CCC/C=C\C/C=C\C/C=C\C/C=C\C/C=C\CC)COP(=O)(O)OCCN. The average Bonchev–Trinajstić information content (AvgIpc) is 3.42. The molecule has 0 aromatic heterocycles. The molecule has 0 heterocycles. The lowest BCUT2D eigenvalue weighted by molar-refractivity contribution is -0.161. The van der Waals surface area contributed by atoms with Gasteiger partial charge in [-0.15, -0.1) is 0 Å². The molecule has 0 amide bonds. The second-order valence-corrected chi connectivity index (χ2v) is 20.9. The van der Waals surface area contributed by atoms with Crippen LogP contribution >= 0.6 is 7.82 Å². The van der Waals surface area contributed by atoms with Gasteiger partial charge in [0.15, 0.2) is 6.10 Å². The van der Waals surface area contributed by atoms with Crippen molar-refractivity contribution in [2.24, 2.45) is 5.73 Å². The van der Waals surface area contributed by atoms with E-state index in [0.717, 1.165) is 103 Å². The monoisotopic (exact) mass is 1090 g/mol. The van der Waals surface area contributed by atoms with Crippen molar-refractivity contribution in [2.45, 2.75) is 238 Å². The van der Waals surface area contributed by atoms with E-state index in [0.29, 0.717) is 12.8 Å². The Morgan fingerprint density at radius 2 is 0.688 bits per heavy atom. The summed E-state index contributed by atoms with van der Waals surface area (Å²) in [6.45, 7) is 3.44. The minimum atomic E-state index is -4.41. The van der Waals surface area contributed by atoms with E-state index in [9.17, 15) is 19.0 Å². The average molecular weight is 1090 g/mol. The van der Waals surface area contributed by atoms with Gasteiger partial charge in [0.05, 0.1) is 13.2 Å². The van der Waals surface area contributed by atoms with Crippen LogP contribution in [0.25, 0.3) is 0 Å². The zero-order valence-corrected chi connectivity index (χ0v) is 49.5. The highest BCUT2D eigenvalue weighted by molar-refractivity contribution is 7.47. The van der Waals surface area contributed by atoms with Gasteiger partial charge in [-0.2, -0.15) is 0 Å². The Kier molecular flexibility index (Phi) is 57.8. The molecule has 0 aliphatic rings. The van der Waals surface area contributed by atoms with Crippen molar-refractivity contribution in [3.8, 4) is 0 Å². The molecule has 0 rings (SSSR count). The van der Waals surface area contributed by atoms with Crippen molar-refractivity contribution < 1.29 is 37.6 Å². The number of hydrogen-bond donors (Lipinski definition) is 2. The van der Waals surface area contributed by atoms with Crippen LogP contribution in [0.5, 0.6) is 0 Å². The van der Waals surface area contributed by atoms with Crippen LogP contribution in [-0.4, -0.2) is 49.3 Å². The van der Waals surface area contributed by atoms with Gasteiger partial charge in [-0.1, -0.05) is 256 Å². The van der Waals surface area contributed by atoms with Crippen LogP contribution in [0.2, 0.25) is 0 Å². The van der Waals surface area contributed by atoms with E-state index in [2.05, 4.69) is 154 Å². The quantitative estimate of drug-likeness (QED) is 0.0264. The Morgan fingerprint density at radius 3 is 1.04 bits per heavy atom. The fraction of sp³-hybridized carbons (Fsp3) is 0.612. The van der Waals surface area contributed by atoms with Crippen LogP contribution < -0.4 is 5.73 Å². The standard InChI is InChI=1S/C67H110NO8P/c1-3-5-7-9-11-13-15-17-19-21-22-23-24-25-26-27-28-29-30-31-32-33-34-35-36-37-38-39-40-41-42-44-46-48-50-52-54-56-58-60-67(70)76-65(64-75-77(71,72)74-62-61-68)63-73-66(69)59-57-55-53-51-49-47-45-43-20-18-16-14-12-10-8-6-4-2/h5-8,11-14,17-20,22-23,25-26,28-29,31-32,45,47,51,53,65H,3-4,9-10,15-16,21,24,27,30,33-44,46,48-50,52,54-64,68H2,1-2H3,(H,71,72)/b7-5-,8-6-,13-11-,14-12-,19-17-,20-18-,23-22-,26-25-,29-28-,32-31-,47-45-,53-51-. The number of phosphoric ester groups is 1. The summed E-state index contributed by atoms with van der Waals surface area (Å²) in [4.78, 5) is 35.1. The van der Waals surface area contributed by atoms with Gasteiger partial charge in [-0.25, -0.2) is 4.57 Å². The number of hydrogen-bond acceptors (Lipinski definition) is 8. The predicted octanol–water partition coefficient (Wildman–Crippen LogP) is 19.5. The van der Waals surface area contributed by atoms with Crippen LogP contribution in [0, 0.1) is 0 Å². The van der Waals surface area contributed by atoms with Gasteiger partial charge in [0.25, 0.3) is 0 Å². The molecular weight excluding hydrogens is 978 g/mol. The topological polar surface area (TPSA) is 134 Å². The number of nitrogens with two attached hydrogens (primary N) is 1. The molecule has 2 unspecified atom stereocenters. The molecule has 0 bridgehead atoms. The summed E-state index contributed by atoms with van der Waals surface area (Å²) in [6, 6.07) is 0. The molecule has 0 saturated heterocycles. The number of esters is 2. The lowest BCUT2D eigenvalue weighted by Gasteiger charge is -2.19. The first-order valence-corrected chi connectivity index (χ1v) is 31.8. The van der Waals surface area contributed by atoms with Crippen LogP contribution in [0.3, 0.4) is 0 Å². The van der Waals surface area contributed by atoms with Crippen molar-refractivity contribution in [1.82, 2.24) is 0 Å². The van der Waals surface area contributed by atoms with Gasteiger partial charge < -0.3 is 20.1 Å². The highest BCUT2D eigenvalue weighted by Gasteiger charge is 2.26. The second-order valence-electron chi connectivity index (χ2n) is 19.5. The van der Waals surface area contributed by atoms with Crippen LogP contribution in [0.4, 0.5) is 0 Å². The number of carbonyl (C=O) groups is 2. The van der Waals surface area contributed by atoms with Gasteiger partial charge >= 0.3 is 19.8 Å². The summed E-state index contributed by atoms with van der Waals surface area (Å²) < 4.78 is 32.9. The van der Waals surface area contributed by atoms with E-state index >= 15 is 0 Å². The zero-order chi connectivity index (χ0) is 55.9. The molecule has 0 aliphatic heterocycles. The number of allylic oxidation sites excluding steroid dienone is 24. The van der Waals surface area contributed by atoms with Crippen molar-refractivity contribution in [1.29, 1.82) is 0 Å². The maximum absolute atomic E-state index is 12.7. The second kappa shape index (κ2) is 61.1. The minimum Gasteiger partial charge on any atom is -0.462 e. The third-order valence-corrected chi connectivity index (χ3v) is 13.2. The number of unbranched alkanes of at least 4 members (excludes halogenated alkanes) is 18. The lowest BCUT2D eigenvalue weighted by atomic mass is 10.0. The fourth-order valence-corrected chi connectivity index (χ4v) is 8.59. The van der Waals surface area contributed by atoms with E-state index in [1.165, 1.54) is 89.9 Å². The van der Waals surface area contributed by atoms with E-state index in [4.69, 9.17) is 24.3 Å². The molecule has 0 spiro atoms. The number of phosphoric acid groups is 1. The van der Waals surface area contributed by atoms with E-state index in [1.54, 1.807) is 0 Å². The Bertz CT molecular complexity index is 1770. The molecule has 0 saturated carbocycles. The first kappa shape index (κ1) is 72.9. The molecule has 0 aromatic carbocycles. The molecular formula is C67H110NO8P. The summed E-state index contributed by atoms with van der Waals surface area (Å²) in [6.07, 6.45) is 87.9. The van der Waals surface area contributed by atoms with E-state index in [1.807, 2.05) is 6.08 Å². The third-order valence-electron chi connectivity index (χ3n) is 12.2. The molecule has 2 atom stereocenters. The molecule has 0 aromatic rings. The first-order valence-electron chi connectivity index (χ1n) is 30.3. The number of carbonyl (C=O) groups excluding carboxylic acids is 2. The highest BCUT2D eigenvalue weighted by Crippen LogP contribution is 2.43. The van der Waals surface area contributed by atoms with Crippen molar-refractivity contribution in [3.63, 3.8) is 0 Å².